The summed E-state index contributed by atoms with van der Waals surface area (Å²) in [5.74, 6) is -1.31. The molecule has 4 heteroatoms. The third-order valence-electron chi connectivity index (χ3n) is 6.52. The minimum Gasteiger partial charge on any atom is -0.481 e. The van der Waals surface area contributed by atoms with Gasteiger partial charge in [-0.3, -0.25) is 9.59 Å². The summed E-state index contributed by atoms with van der Waals surface area (Å²) >= 11 is 0. The molecule has 0 atom stereocenters. The van der Waals surface area contributed by atoms with E-state index in [4.69, 9.17) is 5.11 Å². The molecule has 2 N–H and O–H groups in total. The van der Waals surface area contributed by atoms with Gasteiger partial charge >= 0.3 is 11.9 Å². The smallest absolute Gasteiger partial charge is 0.309 e. The first-order chi connectivity index (χ1) is 14.5. The minimum absolute atomic E-state index is 0.245. The highest BCUT2D eigenvalue weighted by Crippen LogP contribution is 2.38. The van der Waals surface area contributed by atoms with Crippen LogP contribution in [0.2, 0.25) is 0 Å². The molecule has 0 aliphatic rings. The Morgan fingerprint density at radius 3 is 1.20 bits per heavy atom. The summed E-state index contributed by atoms with van der Waals surface area (Å²) in [6.07, 6.45) is 21.7. The first-order valence-electron chi connectivity index (χ1n) is 12.9. The summed E-state index contributed by atoms with van der Waals surface area (Å²) in [6.45, 7) is 4.44. The van der Waals surface area contributed by atoms with Crippen molar-refractivity contribution < 1.29 is 19.8 Å². The molecule has 0 aromatic heterocycles. The van der Waals surface area contributed by atoms with Crippen LogP contribution in [0.3, 0.4) is 0 Å². The van der Waals surface area contributed by atoms with Crippen LogP contribution in [0.25, 0.3) is 0 Å². The topological polar surface area (TPSA) is 74.6 Å². The number of carbonyl (C=O) groups is 2. The van der Waals surface area contributed by atoms with Crippen LogP contribution in [0.5, 0.6) is 0 Å². The van der Waals surface area contributed by atoms with E-state index in [0.29, 0.717) is 0 Å². The molecule has 0 heterocycles. The molecule has 0 saturated carbocycles. The number of hydrogen-bond donors (Lipinski definition) is 2. The Kier molecular flexibility index (Phi) is 19.2. The van der Waals surface area contributed by atoms with Crippen LogP contribution in [-0.4, -0.2) is 22.2 Å². The van der Waals surface area contributed by atoms with Crippen molar-refractivity contribution >= 4 is 11.9 Å². The summed E-state index contributed by atoms with van der Waals surface area (Å²) in [4.78, 5) is 22.9. The molecule has 0 aromatic carbocycles. The molecule has 0 amide bonds. The van der Waals surface area contributed by atoms with Gasteiger partial charge in [0.15, 0.2) is 0 Å². The number of aliphatic carboxylic acids is 2. The summed E-state index contributed by atoms with van der Waals surface area (Å²) < 4.78 is 0. The maximum Gasteiger partial charge on any atom is 0.309 e. The van der Waals surface area contributed by atoms with Crippen molar-refractivity contribution in [3.63, 3.8) is 0 Å². The fraction of sp³-hybridized carbons (Fsp3) is 0.923. The Labute approximate surface area is 186 Å². The predicted molar refractivity (Wildman–Crippen MR) is 126 cm³/mol. The van der Waals surface area contributed by atoms with E-state index in [9.17, 15) is 14.7 Å². The highest BCUT2D eigenvalue weighted by molar-refractivity contribution is 5.74. The lowest BCUT2D eigenvalue weighted by Gasteiger charge is -2.30. The van der Waals surface area contributed by atoms with Crippen LogP contribution < -0.4 is 0 Å². The molecule has 178 valence electrons. The number of carboxylic acid groups (broad SMARTS) is 2. The molecule has 0 radical (unpaired) electrons. The molecule has 0 aliphatic heterocycles. The highest BCUT2D eigenvalue weighted by atomic mass is 16.4. The average molecular weight is 427 g/mol. The van der Waals surface area contributed by atoms with Gasteiger partial charge in [-0.1, -0.05) is 117 Å². The number of unbranched alkanes of at least 4 members (excludes halogenated alkanes) is 14. The van der Waals surface area contributed by atoms with Gasteiger partial charge in [0.05, 0.1) is 5.41 Å². The van der Waals surface area contributed by atoms with Crippen LogP contribution in [0, 0.1) is 5.41 Å². The van der Waals surface area contributed by atoms with Crippen molar-refractivity contribution in [2.75, 3.05) is 0 Å². The maximum atomic E-state index is 12.3. The van der Waals surface area contributed by atoms with E-state index in [2.05, 4.69) is 13.8 Å². The monoisotopic (exact) mass is 426 g/mol. The van der Waals surface area contributed by atoms with Gasteiger partial charge in [-0.25, -0.2) is 0 Å². The number of hydrogen-bond acceptors (Lipinski definition) is 2. The second-order valence-corrected chi connectivity index (χ2v) is 9.28. The SMILES string of the molecule is CCCCCCCCC(CCCCCCCC)(CCCCCCCC(=O)O)C(=O)O. The molecule has 0 aliphatic carbocycles. The molecule has 4 nitrogen and oxygen atoms in total. The highest BCUT2D eigenvalue weighted by Gasteiger charge is 2.36. The van der Waals surface area contributed by atoms with Crippen molar-refractivity contribution in [3.8, 4) is 0 Å². The third kappa shape index (κ3) is 15.7. The molecule has 0 aromatic rings. The van der Waals surface area contributed by atoms with Crippen molar-refractivity contribution in [3.05, 3.63) is 0 Å². The molecule has 0 unspecified atom stereocenters. The van der Waals surface area contributed by atoms with E-state index in [0.717, 1.165) is 77.0 Å². The third-order valence-corrected chi connectivity index (χ3v) is 6.52. The number of carboxylic acids is 2. The Morgan fingerprint density at radius 1 is 0.533 bits per heavy atom. The van der Waals surface area contributed by atoms with Gasteiger partial charge in [0.1, 0.15) is 0 Å². The Bertz CT molecular complexity index is 403. The van der Waals surface area contributed by atoms with Gasteiger partial charge in [-0.15, -0.1) is 0 Å². The van der Waals surface area contributed by atoms with Gasteiger partial charge in [0.25, 0.3) is 0 Å². The van der Waals surface area contributed by atoms with Crippen molar-refractivity contribution in [2.24, 2.45) is 5.41 Å². The van der Waals surface area contributed by atoms with Crippen molar-refractivity contribution in [1.29, 1.82) is 0 Å². The fourth-order valence-electron chi connectivity index (χ4n) is 4.45. The first-order valence-corrected chi connectivity index (χ1v) is 12.9. The van der Waals surface area contributed by atoms with E-state index in [1.807, 2.05) is 0 Å². The van der Waals surface area contributed by atoms with E-state index < -0.39 is 17.4 Å². The maximum absolute atomic E-state index is 12.3. The van der Waals surface area contributed by atoms with Gasteiger partial charge in [0.2, 0.25) is 0 Å². The van der Waals surface area contributed by atoms with Crippen LogP contribution in [0.1, 0.15) is 149 Å². The Balaban J connectivity index is 4.48. The molecule has 0 bridgehead atoms. The van der Waals surface area contributed by atoms with Crippen molar-refractivity contribution in [1.82, 2.24) is 0 Å². The predicted octanol–water partition coefficient (Wildman–Crippen LogP) is 8.37. The Hall–Kier alpha value is -1.06. The zero-order valence-corrected chi connectivity index (χ0v) is 20.1. The summed E-state index contributed by atoms with van der Waals surface area (Å²) in [5, 5.41) is 18.9. The lowest BCUT2D eigenvalue weighted by atomic mass is 9.74. The lowest BCUT2D eigenvalue weighted by Crippen LogP contribution is -2.31. The zero-order chi connectivity index (χ0) is 22.5. The Morgan fingerprint density at radius 2 is 0.867 bits per heavy atom. The zero-order valence-electron chi connectivity index (χ0n) is 20.1. The summed E-state index contributed by atoms with van der Waals surface area (Å²) in [5.41, 5.74) is -0.545. The average Bonchev–Trinajstić information content (AvgIpc) is 2.71. The molecule has 0 spiro atoms. The standard InChI is InChI=1S/C26H50O4/c1-3-5-7-9-13-17-21-26(25(29)30,22-18-14-10-8-6-4-2)23-19-15-11-12-16-20-24(27)28/h3-23H2,1-2H3,(H,27,28)(H,29,30). The quantitative estimate of drug-likeness (QED) is 0.161. The van der Waals surface area contributed by atoms with Gasteiger partial charge in [0, 0.05) is 6.42 Å². The second-order valence-electron chi connectivity index (χ2n) is 9.28. The first kappa shape index (κ1) is 28.9. The van der Waals surface area contributed by atoms with Crippen LogP contribution in [-0.2, 0) is 9.59 Å². The molecule has 0 rings (SSSR count). The fourth-order valence-corrected chi connectivity index (χ4v) is 4.45. The largest absolute Gasteiger partial charge is 0.481 e. The van der Waals surface area contributed by atoms with Crippen molar-refractivity contribution in [2.45, 2.75) is 149 Å². The van der Waals surface area contributed by atoms with Crippen LogP contribution in [0.4, 0.5) is 0 Å². The second kappa shape index (κ2) is 19.9. The summed E-state index contributed by atoms with van der Waals surface area (Å²) in [6, 6.07) is 0. The molecule has 0 fully saturated rings. The molecule has 0 saturated heterocycles. The lowest BCUT2D eigenvalue weighted by molar-refractivity contribution is -0.151. The molecule has 30 heavy (non-hydrogen) atoms. The molecular formula is C26H50O4. The van der Waals surface area contributed by atoms with Gasteiger partial charge in [-0.05, 0) is 25.7 Å². The summed E-state index contributed by atoms with van der Waals surface area (Å²) in [7, 11) is 0. The number of rotatable bonds is 23. The van der Waals surface area contributed by atoms with Gasteiger partial charge in [-0.2, -0.15) is 0 Å². The minimum atomic E-state index is -0.724. The molecular weight excluding hydrogens is 376 g/mol. The van der Waals surface area contributed by atoms with Gasteiger partial charge < -0.3 is 10.2 Å². The van der Waals surface area contributed by atoms with Crippen LogP contribution in [0.15, 0.2) is 0 Å². The van der Waals surface area contributed by atoms with E-state index in [1.54, 1.807) is 0 Å². The normalized spacial score (nSPS) is 11.7. The van der Waals surface area contributed by atoms with Crippen LogP contribution >= 0.6 is 0 Å². The van der Waals surface area contributed by atoms with E-state index in [1.165, 1.54) is 51.4 Å². The van der Waals surface area contributed by atoms with E-state index >= 15 is 0 Å². The van der Waals surface area contributed by atoms with E-state index in [-0.39, 0.29) is 6.42 Å².